The molecule has 9 heteroatoms. The van der Waals surface area contributed by atoms with E-state index in [0.29, 0.717) is 5.11 Å². The lowest BCUT2D eigenvalue weighted by atomic mass is 10.0. The quantitative estimate of drug-likeness (QED) is 0.533. The molecule has 2 aromatic heterocycles. The largest absolute Gasteiger partial charge is 0.379 e. The van der Waals surface area contributed by atoms with Crippen LogP contribution in [0.4, 0.5) is 4.39 Å². The van der Waals surface area contributed by atoms with E-state index in [2.05, 4.69) is 26.2 Å². The van der Waals surface area contributed by atoms with Crippen molar-refractivity contribution in [2.45, 2.75) is 12.1 Å². The van der Waals surface area contributed by atoms with Gasteiger partial charge in [-0.3, -0.25) is 9.88 Å². The lowest BCUT2D eigenvalue weighted by molar-refractivity contribution is 0.0349. The summed E-state index contributed by atoms with van der Waals surface area (Å²) in [5.74, 6) is -0.434. The van der Waals surface area contributed by atoms with Crippen LogP contribution in [0.1, 0.15) is 23.5 Å². The van der Waals surface area contributed by atoms with Gasteiger partial charge in [-0.15, -0.1) is 0 Å². The predicted octanol–water partition coefficient (Wildman–Crippen LogP) is 3.97. The Morgan fingerprint density at radius 3 is 2.73 bits per heavy atom. The zero-order chi connectivity index (χ0) is 22.8. The van der Waals surface area contributed by atoms with Crippen molar-refractivity contribution in [1.29, 1.82) is 0 Å². The summed E-state index contributed by atoms with van der Waals surface area (Å²) in [7, 11) is 0. The predicted molar refractivity (Wildman–Crippen MR) is 130 cm³/mol. The lowest BCUT2D eigenvalue weighted by Crippen LogP contribution is -2.42. The second-order valence-corrected chi connectivity index (χ2v) is 8.97. The number of morpholine rings is 1. The maximum atomic E-state index is 13.8. The molecule has 6 nitrogen and oxygen atoms in total. The number of halogens is 2. The van der Waals surface area contributed by atoms with Crippen LogP contribution < -0.4 is 5.32 Å². The first-order valence-corrected chi connectivity index (χ1v) is 11.8. The minimum Gasteiger partial charge on any atom is -0.379 e. The molecule has 2 atom stereocenters. The number of ether oxygens (including phenoxy) is 1. The highest BCUT2D eigenvalue weighted by Gasteiger charge is 2.41. The summed E-state index contributed by atoms with van der Waals surface area (Å²) in [6.07, 6.45) is 3.77. The van der Waals surface area contributed by atoms with Crippen LogP contribution in [0.15, 0.2) is 60.9 Å². The van der Waals surface area contributed by atoms with Crippen LogP contribution in [0, 0.1) is 5.82 Å². The Kier molecular flexibility index (Phi) is 6.59. The molecule has 4 heterocycles. The molecule has 0 amide bonds. The van der Waals surface area contributed by atoms with Gasteiger partial charge in [0.1, 0.15) is 5.82 Å². The summed E-state index contributed by atoms with van der Waals surface area (Å²) >= 11 is 11.9. The van der Waals surface area contributed by atoms with Crippen molar-refractivity contribution in [1.82, 2.24) is 24.7 Å². The van der Waals surface area contributed by atoms with E-state index in [4.69, 9.17) is 28.6 Å². The fourth-order valence-corrected chi connectivity index (χ4v) is 5.05. The number of nitrogens with one attached hydrogen (secondary N) is 1. The second-order valence-electron chi connectivity index (χ2n) is 8.18. The van der Waals surface area contributed by atoms with Crippen LogP contribution in [-0.2, 0) is 4.74 Å². The van der Waals surface area contributed by atoms with E-state index < -0.39 is 5.82 Å². The van der Waals surface area contributed by atoms with Crippen LogP contribution in [-0.4, -0.2) is 63.9 Å². The zero-order valence-electron chi connectivity index (χ0n) is 18.0. The highest BCUT2D eigenvalue weighted by atomic mass is 35.5. The number of hydrogen-bond acceptors (Lipinski definition) is 4. The van der Waals surface area contributed by atoms with Gasteiger partial charge >= 0.3 is 0 Å². The maximum Gasteiger partial charge on any atom is 0.170 e. The third kappa shape index (κ3) is 4.61. The van der Waals surface area contributed by atoms with Gasteiger partial charge < -0.3 is 19.5 Å². The van der Waals surface area contributed by atoms with Crippen LogP contribution in [0.2, 0.25) is 5.02 Å². The first kappa shape index (κ1) is 22.3. The van der Waals surface area contributed by atoms with Crippen molar-refractivity contribution in [3.8, 4) is 5.69 Å². The SMILES string of the molecule is Fc1ccc(-n2cccc2[C@@H]2[C@H](c3ccccn3)NC(=S)N2CCN2CCOCC2)cc1Cl. The van der Waals surface area contributed by atoms with Gasteiger partial charge in [0, 0.05) is 50.0 Å². The van der Waals surface area contributed by atoms with Crippen molar-refractivity contribution in [3.05, 3.63) is 83.2 Å². The normalized spacial score (nSPS) is 21.4. The zero-order valence-corrected chi connectivity index (χ0v) is 19.6. The fraction of sp³-hybridized carbons (Fsp3) is 0.333. The van der Waals surface area contributed by atoms with Gasteiger partial charge in [0.05, 0.1) is 36.0 Å². The number of rotatable bonds is 6. The molecule has 2 saturated heterocycles. The first-order valence-electron chi connectivity index (χ1n) is 11.0. The molecule has 0 bridgehead atoms. The van der Waals surface area contributed by atoms with E-state index in [1.54, 1.807) is 18.3 Å². The standard InChI is InChI=1S/C24H25ClFN5OS/c25-18-16-17(6-7-19(18)26)30-9-3-5-21(30)23-22(20-4-1-2-8-27-20)28-24(33)31(23)11-10-29-12-14-32-15-13-29/h1-9,16,22-23H,10-15H2,(H,28,33)/t22-,23+/m0/s1. The van der Waals surface area contributed by atoms with Gasteiger partial charge in [-0.2, -0.15) is 0 Å². The highest BCUT2D eigenvalue weighted by Crippen LogP contribution is 2.39. The average molecular weight is 486 g/mol. The molecule has 5 rings (SSSR count). The van der Waals surface area contributed by atoms with E-state index in [9.17, 15) is 4.39 Å². The molecule has 33 heavy (non-hydrogen) atoms. The van der Waals surface area contributed by atoms with Crippen molar-refractivity contribution in [3.63, 3.8) is 0 Å². The van der Waals surface area contributed by atoms with E-state index >= 15 is 0 Å². The second kappa shape index (κ2) is 9.77. The smallest absolute Gasteiger partial charge is 0.170 e. The molecule has 2 fully saturated rings. The lowest BCUT2D eigenvalue weighted by Gasteiger charge is -2.32. The van der Waals surface area contributed by atoms with Gasteiger partial charge in [-0.05, 0) is 54.7 Å². The van der Waals surface area contributed by atoms with Gasteiger partial charge in [-0.25, -0.2) is 4.39 Å². The van der Waals surface area contributed by atoms with Crippen molar-refractivity contribution in [2.24, 2.45) is 0 Å². The van der Waals surface area contributed by atoms with E-state index in [-0.39, 0.29) is 17.1 Å². The summed E-state index contributed by atoms with van der Waals surface area (Å²) in [5, 5.41) is 4.30. The van der Waals surface area contributed by atoms with Crippen molar-refractivity contribution < 1.29 is 9.13 Å². The number of benzene rings is 1. The van der Waals surface area contributed by atoms with Gasteiger partial charge in [0.15, 0.2) is 5.11 Å². The molecule has 2 aliphatic rings. The Bertz CT molecular complexity index is 1120. The van der Waals surface area contributed by atoms with E-state index in [0.717, 1.165) is 56.5 Å². The summed E-state index contributed by atoms with van der Waals surface area (Å²) in [6.45, 7) is 5.03. The monoisotopic (exact) mass is 485 g/mol. The molecule has 0 radical (unpaired) electrons. The highest BCUT2D eigenvalue weighted by molar-refractivity contribution is 7.80. The molecule has 172 valence electrons. The van der Waals surface area contributed by atoms with Crippen LogP contribution >= 0.6 is 23.8 Å². The molecule has 0 saturated carbocycles. The summed E-state index contributed by atoms with van der Waals surface area (Å²) in [5.41, 5.74) is 2.75. The number of pyridine rings is 1. The van der Waals surface area contributed by atoms with Gasteiger partial charge in [0.2, 0.25) is 0 Å². The third-order valence-corrected chi connectivity index (χ3v) is 6.87. The number of thiocarbonyl (C=S) groups is 1. The van der Waals surface area contributed by atoms with Crippen LogP contribution in [0.25, 0.3) is 5.69 Å². The molecule has 0 unspecified atom stereocenters. The van der Waals surface area contributed by atoms with Crippen LogP contribution in [0.5, 0.6) is 0 Å². The Labute approximate surface area is 202 Å². The molecule has 1 aromatic carbocycles. The minimum atomic E-state index is -0.434. The first-order chi connectivity index (χ1) is 16.1. The number of aromatic nitrogens is 2. The molecule has 0 aliphatic carbocycles. The van der Waals surface area contributed by atoms with Crippen molar-refractivity contribution >= 4 is 28.9 Å². The topological polar surface area (TPSA) is 45.6 Å². The van der Waals surface area contributed by atoms with E-state index in [1.165, 1.54) is 6.07 Å². The average Bonchev–Trinajstić information content (AvgIpc) is 3.45. The molecule has 3 aromatic rings. The molecule has 1 N–H and O–H groups in total. The molecule has 0 spiro atoms. The van der Waals surface area contributed by atoms with Crippen LogP contribution in [0.3, 0.4) is 0 Å². The number of hydrogen-bond donors (Lipinski definition) is 1. The third-order valence-electron chi connectivity index (χ3n) is 6.22. The van der Waals surface area contributed by atoms with Gasteiger partial charge in [-0.1, -0.05) is 17.7 Å². The van der Waals surface area contributed by atoms with Crippen molar-refractivity contribution in [2.75, 3.05) is 39.4 Å². The Morgan fingerprint density at radius 2 is 1.97 bits per heavy atom. The Hall–Kier alpha value is -2.52. The summed E-state index contributed by atoms with van der Waals surface area (Å²) < 4.78 is 21.4. The molecular formula is C24H25ClFN5OS. The summed E-state index contributed by atoms with van der Waals surface area (Å²) in [4.78, 5) is 9.25. The Morgan fingerprint density at radius 1 is 1.12 bits per heavy atom. The fourth-order valence-electron chi connectivity index (χ4n) is 4.55. The summed E-state index contributed by atoms with van der Waals surface area (Å²) in [6, 6.07) is 14.5. The minimum absolute atomic E-state index is 0.0905. The Balaban J connectivity index is 1.51. The van der Waals surface area contributed by atoms with E-state index in [1.807, 2.05) is 35.0 Å². The van der Waals surface area contributed by atoms with Gasteiger partial charge in [0.25, 0.3) is 0 Å². The number of nitrogens with zero attached hydrogens (tertiary/aromatic N) is 4. The maximum absolute atomic E-state index is 13.8. The molecular weight excluding hydrogens is 461 g/mol. The molecule has 2 aliphatic heterocycles.